The fourth-order valence-corrected chi connectivity index (χ4v) is 3.90. The van der Waals surface area contributed by atoms with Gasteiger partial charge in [0.25, 0.3) is 0 Å². The molecule has 4 rings (SSSR count). The molecular weight excluding hydrogens is 314 g/mol. The maximum absolute atomic E-state index is 6.40. The van der Waals surface area contributed by atoms with E-state index in [9.17, 15) is 0 Å². The first-order valence-electron chi connectivity index (χ1n) is 6.96. The lowest BCUT2D eigenvalue weighted by atomic mass is 9.85. The molecule has 0 amide bonds. The van der Waals surface area contributed by atoms with Crippen molar-refractivity contribution in [2.24, 2.45) is 5.73 Å². The molecule has 2 N–H and O–H groups in total. The zero-order valence-electron chi connectivity index (χ0n) is 11.1. The van der Waals surface area contributed by atoms with Gasteiger partial charge in [-0.2, -0.15) is 0 Å². The molecule has 102 valence electrons. The van der Waals surface area contributed by atoms with Crippen LogP contribution in [0.25, 0.3) is 0 Å². The molecule has 1 heterocycles. The number of halogens is 1. The fraction of sp³-hybridized carbons (Fsp3) is 0.294. The predicted molar refractivity (Wildman–Crippen MR) is 82.9 cm³/mol. The number of nitrogens with two attached hydrogens (primary N) is 1. The van der Waals surface area contributed by atoms with Crippen molar-refractivity contribution in [2.45, 2.75) is 30.9 Å². The van der Waals surface area contributed by atoms with Crippen LogP contribution in [0.2, 0.25) is 0 Å². The van der Waals surface area contributed by atoms with Gasteiger partial charge in [0.15, 0.2) is 0 Å². The Labute approximate surface area is 127 Å². The van der Waals surface area contributed by atoms with E-state index in [4.69, 9.17) is 10.5 Å². The van der Waals surface area contributed by atoms with Crippen LogP contribution in [-0.2, 0) is 12.8 Å². The molecule has 2 aromatic carbocycles. The van der Waals surface area contributed by atoms with Crippen LogP contribution in [-0.4, -0.2) is 5.60 Å². The summed E-state index contributed by atoms with van der Waals surface area (Å²) >= 11 is 3.51. The summed E-state index contributed by atoms with van der Waals surface area (Å²) in [5.41, 5.74) is 10.2. The van der Waals surface area contributed by atoms with Crippen LogP contribution in [0.15, 0.2) is 46.9 Å². The Balaban J connectivity index is 1.74. The highest BCUT2D eigenvalue weighted by atomic mass is 79.9. The highest BCUT2D eigenvalue weighted by Gasteiger charge is 2.44. The van der Waals surface area contributed by atoms with Crippen molar-refractivity contribution in [3.05, 3.63) is 63.6 Å². The molecule has 0 bridgehead atoms. The summed E-state index contributed by atoms with van der Waals surface area (Å²) in [7, 11) is 0. The Morgan fingerprint density at radius 2 is 1.80 bits per heavy atom. The number of hydrogen-bond donors (Lipinski definition) is 1. The molecule has 20 heavy (non-hydrogen) atoms. The van der Waals surface area contributed by atoms with Crippen molar-refractivity contribution >= 4 is 15.9 Å². The van der Waals surface area contributed by atoms with E-state index in [1.807, 2.05) is 12.1 Å². The number of benzene rings is 2. The van der Waals surface area contributed by atoms with Crippen LogP contribution in [0, 0.1) is 0 Å². The maximum Gasteiger partial charge on any atom is 0.126 e. The Hall–Kier alpha value is -1.32. The molecule has 0 radical (unpaired) electrons. The second-order valence-electron chi connectivity index (χ2n) is 5.90. The van der Waals surface area contributed by atoms with Crippen molar-refractivity contribution < 1.29 is 4.74 Å². The lowest BCUT2D eigenvalue weighted by molar-refractivity contribution is 0.0459. The Morgan fingerprint density at radius 3 is 2.50 bits per heavy atom. The fourth-order valence-electron chi connectivity index (χ4n) is 3.56. The van der Waals surface area contributed by atoms with Gasteiger partial charge in [0, 0.05) is 35.3 Å². The van der Waals surface area contributed by atoms with E-state index in [0.29, 0.717) is 0 Å². The summed E-state index contributed by atoms with van der Waals surface area (Å²) in [6, 6.07) is 14.8. The number of hydrogen-bond acceptors (Lipinski definition) is 2. The number of fused-ring (bicyclic) bond motifs is 2. The first kappa shape index (κ1) is 12.4. The molecule has 0 saturated carbocycles. The Kier molecular flexibility index (Phi) is 2.69. The molecule has 2 nitrogen and oxygen atoms in total. The molecule has 1 spiro atoms. The number of ether oxygens (including phenoxy) is 1. The number of rotatable bonds is 0. The van der Waals surface area contributed by atoms with Crippen molar-refractivity contribution in [2.75, 3.05) is 0 Å². The summed E-state index contributed by atoms with van der Waals surface area (Å²) in [4.78, 5) is 0. The van der Waals surface area contributed by atoms with Crippen molar-refractivity contribution in [1.29, 1.82) is 0 Å². The minimum absolute atomic E-state index is 0.0566. The summed E-state index contributed by atoms with van der Waals surface area (Å²) in [5.74, 6) is 0.936. The van der Waals surface area contributed by atoms with Crippen molar-refractivity contribution in [3.63, 3.8) is 0 Å². The molecule has 1 unspecified atom stereocenters. The van der Waals surface area contributed by atoms with E-state index < -0.39 is 0 Å². The average molecular weight is 330 g/mol. The third-order valence-corrected chi connectivity index (χ3v) is 4.93. The summed E-state index contributed by atoms with van der Waals surface area (Å²) < 4.78 is 7.44. The van der Waals surface area contributed by atoms with E-state index in [1.54, 1.807) is 0 Å². The van der Waals surface area contributed by atoms with Crippen LogP contribution in [0.5, 0.6) is 5.75 Å². The van der Waals surface area contributed by atoms with E-state index in [2.05, 4.69) is 46.3 Å². The van der Waals surface area contributed by atoms with E-state index >= 15 is 0 Å². The van der Waals surface area contributed by atoms with Gasteiger partial charge in [0.2, 0.25) is 0 Å². The zero-order valence-corrected chi connectivity index (χ0v) is 12.7. The quantitative estimate of drug-likeness (QED) is 0.798. The van der Waals surface area contributed by atoms with Gasteiger partial charge in [-0.3, -0.25) is 0 Å². The molecule has 2 aliphatic rings. The van der Waals surface area contributed by atoms with Gasteiger partial charge in [0.1, 0.15) is 11.4 Å². The van der Waals surface area contributed by atoms with Crippen LogP contribution in [0.4, 0.5) is 0 Å². The van der Waals surface area contributed by atoms with Crippen LogP contribution in [0.3, 0.4) is 0 Å². The standard InChI is InChI=1S/C17H16BrNO/c18-13-5-6-14-15(19)10-17(20-16(14)7-13)8-11-3-1-2-4-12(11)9-17/h1-7,15H,8-10,19H2. The summed E-state index contributed by atoms with van der Waals surface area (Å²) in [6.07, 6.45) is 2.81. The second kappa shape index (κ2) is 4.34. The van der Waals surface area contributed by atoms with Gasteiger partial charge in [-0.25, -0.2) is 0 Å². The topological polar surface area (TPSA) is 35.2 Å². The minimum atomic E-state index is -0.156. The van der Waals surface area contributed by atoms with Crippen LogP contribution >= 0.6 is 15.9 Å². The third-order valence-electron chi connectivity index (χ3n) is 4.44. The SMILES string of the molecule is NC1CC2(Cc3ccccc3C2)Oc2cc(Br)ccc21. The lowest BCUT2D eigenvalue weighted by Gasteiger charge is -2.38. The molecule has 1 aliphatic heterocycles. The lowest BCUT2D eigenvalue weighted by Crippen LogP contribution is -2.43. The smallest absolute Gasteiger partial charge is 0.126 e. The van der Waals surface area contributed by atoms with Crippen LogP contribution < -0.4 is 10.5 Å². The van der Waals surface area contributed by atoms with Gasteiger partial charge in [-0.1, -0.05) is 46.3 Å². The molecule has 0 aromatic heterocycles. The third kappa shape index (κ3) is 1.88. The molecule has 1 atom stereocenters. The maximum atomic E-state index is 6.40. The molecule has 2 aromatic rings. The molecule has 1 aliphatic carbocycles. The summed E-state index contributed by atoms with van der Waals surface area (Å²) in [6.45, 7) is 0. The van der Waals surface area contributed by atoms with Crippen molar-refractivity contribution in [3.8, 4) is 5.75 Å². The van der Waals surface area contributed by atoms with Gasteiger partial charge >= 0.3 is 0 Å². The highest BCUT2D eigenvalue weighted by Crippen LogP contribution is 2.45. The predicted octanol–water partition coefficient (Wildman–Crippen LogP) is 3.77. The van der Waals surface area contributed by atoms with Gasteiger partial charge in [-0.05, 0) is 23.3 Å². The van der Waals surface area contributed by atoms with Gasteiger partial charge in [0.05, 0.1) is 0 Å². The largest absolute Gasteiger partial charge is 0.486 e. The molecular formula is C17H16BrNO. The minimum Gasteiger partial charge on any atom is -0.486 e. The molecule has 0 fully saturated rings. The first-order valence-corrected chi connectivity index (χ1v) is 7.75. The second-order valence-corrected chi connectivity index (χ2v) is 6.82. The Bertz CT molecular complexity index is 657. The van der Waals surface area contributed by atoms with E-state index in [-0.39, 0.29) is 11.6 Å². The normalized spacial score (nSPS) is 22.2. The van der Waals surface area contributed by atoms with E-state index in [1.165, 1.54) is 11.1 Å². The molecule has 3 heteroatoms. The molecule has 0 saturated heterocycles. The summed E-state index contributed by atoms with van der Waals surface area (Å²) in [5, 5.41) is 0. The van der Waals surface area contributed by atoms with Crippen LogP contribution in [0.1, 0.15) is 29.2 Å². The highest BCUT2D eigenvalue weighted by molar-refractivity contribution is 9.10. The zero-order chi connectivity index (χ0) is 13.7. The van der Waals surface area contributed by atoms with E-state index in [0.717, 1.165) is 35.0 Å². The van der Waals surface area contributed by atoms with Gasteiger partial charge in [-0.15, -0.1) is 0 Å². The Morgan fingerprint density at radius 1 is 1.10 bits per heavy atom. The average Bonchev–Trinajstić information content (AvgIpc) is 2.74. The monoisotopic (exact) mass is 329 g/mol. The van der Waals surface area contributed by atoms with Crippen molar-refractivity contribution in [1.82, 2.24) is 0 Å². The van der Waals surface area contributed by atoms with Gasteiger partial charge < -0.3 is 10.5 Å². The first-order chi connectivity index (χ1) is 9.65.